The lowest BCUT2D eigenvalue weighted by molar-refractivity contribution is 0.146. The minimum absolute atomic E-state index is 0.248. The van der Waals surface area contributed by atoms with Crippen LogP contribution in [0.4, 0.5) is 0 Å². The molecule has 2 N–H and O–H groups in total. The summed E-state index contributed by atoms with van der Waals surface area (Å²) in [5.41, 5.74) is 5.50. The number of likely N-dealkylation sites (N-methyl/N-ethyl adjacent to an activating group) is 1. The van der Waals surface area contributed by atoms with Crippen molar-refractivity contribution >= 4 is 10.2 Å². The molecule has 0 aliphatic heterocycles. The zero-order valence-electron chi connectivity index (χ0n) is 11.6. The Morgan fingerprint density at radius 3 is 1.94 bits per heavy atom. The molecule has 0 aromatic carbocycles. The van der Waals surface area contributed by atoms with Crippen molar-refractivity contribution in [2.75, 3.05) is 54.1 Å². The fraction of sp³-hybridized carbons (Fsp3) is 1.00. The number of hydrogen-bond acceptors (Lipinski definition) is 5. The van der Waals surface area contributed by atoms with E-state index in [1.165, 1.54) is 29.9 Å². The van der Waals surface area contributed by atoms with Crippen LogP contribution in [0.15, 0.2) is 0 Å². The van der Waals surface area contributed by atoms with Crippen molar-refractivity contribution in [3.8, 4) is 0 Å². The monoisotopic (exact) mass is 283 g/mol. The SMILES string of the molecule is COCCN(CCOC)S(=O)(=O)N(C)C(C)CN. The lowest BCUT2D eigenvalue weighted by atomic mass is 10.4. The Kier molecular flexibility index (Phi) is 8.66. The van der Waals surface area contributed by atoms with Crippen LogP contribution in [0.3, 0.4) is 0 Å². The molecule has 1 unspecified atom stereocenters. The average Bonchev–Trinajstić information content (AvgIpc) is 2.36. The van der Waals surface area contributed by atoms with E-state index in [9.17, 15) is 8.42 Å². The third kappa shape index (κ3) is 5.17. The van der Waals surface area contributed by atoms with Crippen molar-refractivity contribution < 1.29 is 17.9 Å². The van der Waals surface area contributed by atoms with Gasteiger partial charge in [0.15, 0.2) is 0 Å². The second-order valence-electron chi connectivity index (χ2n) is 3.99. The van der Waals surface area contributed by atoms with Crippen molar-refractivity contribution in [3.05, 3.63) is 0 Å². The van der Waals surface area contributed by atoms with E-state index in [1.54, 1.807) is 6.92 Å². The second-order valence-corrected chi connectivity index (χ2v) is 5.98. The third-order valence-electron chi connectivity index (χ3n) is 2.74. The Bertz CT molecular complexity index is 302. The lowest BCUT2D eigenvalue weighted by Gasteiger charge is -2.30. The van der Waals surface area contributed by atoms with Gasteiger partial charge in [0.1, 0.15) is 0 Å². The summed E-state index contributed by atoms with van der Waals surface area (Å²) in [5.74, 6) is 0. The van der Waals surface area contributed by atoms with E-state index in [-0.39, 0.29) is 12.6 Å². The van der Waals surface area contributed by atoms with Crippen LogP contribution < -0.4 is 5.73 Å². The molecule has 18 heavy (non-hydrogen) atoms. The maximum absolute atomic E-state index is 12.3. The minimum Gasteiger partial charge on any atom is -0.383 e. The molecule has 110 valence electrons. The van der Waals surface area contributed by atoms with Gasteiger partial charge in [0.25, 0.3) is 10.2 Å². The van der Waals surface area contributed by atoms with Crippen molar-refractivity contribution in [1.82, 2.24) is 8.61 Å². The highest BCUT2D eigenvalue weighted by molar-refractivity contribution is 7.86. The summed E-state index contributed by atoms with van der Waals surface area (Å²) >= 11 is 0. The van der Waals surface area contributed by atoms with E-state index in [2.05, 4.69) is 0 Å². The number of rotatable bonds is 10. The highest BCUT2D eigenvalue weighted by Crippen LogP contribution is 2.09. The molecule has 0 radical (unpaired) electrons. The molecule has 0 spiro atoms. The zero-order valence-corrected chi connectivity index (χ0v) is 12.4. The molecule has 0 aromatic heterocycles. The van der Waals surface area contributed by atoms with Crippen LogP contribution in [-0.2, 0) is 19.7 Å². The van der Waals surface area contributed by atoms with Gasteiger partial charge in [0, 0.05) is 46.9 Å². The Hall–Kier alpha value is -0.250. The summed E-state index contributed by atoms with van der Waals surface area (Å²) in [7, 11) is 1.07. The van der Waals surface area contributed by atoms with Crippen molar-refractivity contribution in [2.24, 2.45) is 5.73 Å². The van der Waals surface area contributed by atoms with Gasteiger partial charge in [-0.1, -0.05) is 0 Å². The molecule has 0 aromatic rings. The third-order valence-corrected chi connectivity index (χ3v) is 4.85. The largest absolute Gasteiger partial charge is 0.383 e. The summed E-state index contributed by atoms with van der Waals surface area (Å²) in [6.07, 6.45) is 0. The normalized spacial score (nSPS) is 14.4. The van der Waals surface area contributed by atoms with E-state index in [0.717, 1.165) is 0 Å². The predicted octanol–water partition coefficient (Wildman–Crippen LogP) is -0.895. The first kappa shape index (κ1) is 17.8. The molecule has 0 amide bonds. The molecule has 0 bridgehead atoms. The van der Waals surface area contributed by atoms with Crippen LogP contribution in [-0.4, -0.2) is 77.2 Å². The highest BCUT2D eigenvalue weighted by atomic mass is 32.2. The van der Waals surface area contributed by atoms with E-state index >= 15 is 0 Å². The van der Waals surface area contributed by atoms with Crippen LogP contribution in [0.1, 0.15) is 6.92 Å². The van der Waals surface area contributed by atoms with Crippen molar-refractivity contribution in [1.29, 1.82) is 0 Å². The van der Waals surface area contributed by atoms with Gasteiger partial charge in [-0.25, -0.2) is 0 Å². The number of hydrogen-bond donors (Lipinski definition) is 1. The smallest absolute Gasteiger partial charge is 0.282 e. The van der Waals surface area contributed by atoms with Crippen LogP contribution in [0.25, 0.3) is 0 Å². The summed E-state index contributed by atoms with van der Waals surface area (Å²) in [5, 5.41) is 0. The summed E-state index contributed by atoms with van der Waals surface area (Å²) in [6.45, 7) is 3.32. The maximum atomic E-state index is 12.3. The molecule has 0 saturated heterocycles. The maximum Gasteiger partial charge on any atom is 0.282 e. The molecular weight excluding hydrogens is 258 g/mol. The first-order chi connectivity index (χ1) is 8.41. The minimum atomic E-state index is -3.53. The summed E-state index contributed by atoms with van der Waals surface area (Å²) < 4.78 is 37.1. The molecule has 0 saturated carbocycles. The quantitative estimate of drug-likeness (QED) is 0.562. The first-order valence-corrected chi connectivity index (χ1v) is 7.22. The predicted molar refractivity (Wildman–Crippen MR) is 70.5 cm³/mol. The molecule has 0 heterocycles. The van der Waals surface area contributed by atoms with Gasteiger partial charge >= 0.3 is 0 Å². The molecule has 7 nitrogen and oxygen atoms in total. The van der Waals surface area contributed by atoms with Gasteiger partial charge in [-0.15, -0.1) is 0 Å². The molecule has 0 rings (SSSR count). The number of methoxy groups -OCH3 is 2. The van der Waals surface area contributed by atoms with E-state index in [1.807, 2.05) is 0 Å². The molecule has 0 aliphatic carbocycles. The standard InChI is InChI=1S/C10H25N3O4S/c1-10(9-11)12(2)18(14,15)13(5-7-16-3)6-8-17-4/h10H,5-9,11H2,1-4H3. The molecule has 0 fully saturated rings. The Balaban J connectivity index is 4.82. The van der Waals surface area contributed by atoms with Crippen LogP contribution in [0.2, 0.25) is 0 Å². The van der Waals surface area contributed by atoms with E-state index in [4.69, 9.17) is 15.2 Å². The van der Waals surface area contributed by atoms with Gasteiger partial charge in [0.2, 0.25) is 0 Å². The summed E-state index contributed by atoms with van der Waals surface area (Å²) in [6, 6.07) is -0.248. The van der Waals surface area contributed by atoms with Crippen LogP contribution in [0.5, 0.6) is 0 Å². The van der Waals surface area contributed by atoms with Gasteiger partial charge in [-0.2, -0.15) is 17.0 Å². The topological polar surface area (TPSA) is 85.1 Å². The van der Waals surface area contributed by atoms with Gasteiger partial charge in [0.05, 0.1) is 13.2 Å². The Morgan fingerprint density at radius 1 is 1.17 bits per heavy atom. The zero-order chi connectivity index (χ0) is 14.2. The van der Waals surface area contributed by atoms with E-state index in [0.29, 0.717) is 26.3 Å². The van der Waals surface area contributed by atoms with Crippen molar-refractivity contribution in [2.45, 2.75) is 13.0 Å². The van der Waals surface area contributed by atoms with Gasteiger partial charge in [-0.3, -0.25) is 0 Å². The highest BCUT2D eigenvalue weighted by Gasteiger charge is 2.29. The number of ether oxygens (including phenoxy) is 2. The van der Waals surface area contributed by atoms with Crippen LogP contribution in [0, 0.1) is 0 Å². The second kappa shape index (κ2) is 8.78. The first-order valence-electron chi connectivity index (χ1n) is 5.82. The van der Waals surface area contributed by atoms with Crippen LogP contribution >= 0.6 is 0 Å². The average molecular weight is 283 g/mol. The Morgan fingerprint density at radius 2 is 1.61 bits per heavy atom. The number of nitrogens with zero attached hydrogens (tertiary/aromatic N) is 2. The molecular formula is C10H25N3O4S. The molecule has 1 atom stereocenters. The summed E-state index contributed by atoms with van der Waals surface area (Å²) in [4.78, 5) is 0. The lowest BCUT2D eigenvalue weighted by Crippen LogP contribution is -2.49. The van der Waals surface area contributed by atoms with E-state index < -0.39 is 10.2 Å². The Labute approximate surface area is 110 Å². The van der Waals surface area contributed by atoms with Gasteiger partial charge < -0.3 is 15.2 Å². The van der Waals surface area contributed by atoms with Crippen molar-refractivity contribution in [3.63, 3.8) is 0 Å². The fourth-order valence-corrected chi connectivity index (χ4v) is 2.80. The fourth-order valence-electron chi connectivity index (χ4n) is 1.29. The molecule has 0 aliphatic rings. The number of nitrogens with two attached hydrogens (primary N) is 1. The molecule has 8 heteroatoms. The van der Waals surface area contributed by atoms with Gasteiger partial charge in [-0.05, 0) is 6.92 Å².